The number of nitrogens with zero attached hydrogens (tertiary/aromatic N) is 3. The molecule has 0 aromatic heterocycles. The molecule has 0 bridgehead atoms. The Hall–Kier alpha value is -1.84. The quantitative estimate of drug-likeness (QED) is 0.349. The third-order valence-electron chi connectivity index (χ3n) is 7.51. The Morgan fingerprint density at radius 1 is 1.03 bits per heavy atom. The van der Waals surface area contributed by atoms with Crippen molar-refractivity contribution in [3.8, 4) is 0 Å². The first-order valence-electron chi connectivity index (χ1n) is 13.0. The van der Waals surface area contributed by atoms with Gasteiger partial charge in [-0.1, -0.05) is 41.4 Å². The number of unbranched alkanes of at least 4 members (excludes halogenated alkanes) is 1. The summed E-state index contributed by atoms with van der Waals surface area (Å²) in [5.41, 5.74) is 1.11. The molecule has 2 aliphatic rings. The number of amides is 1. The van der Waals surface area contributed by atoms with Crippen molar-refractivity contribution < 1.29 is 22.7 Å². The normalized spacial score (nSPS) is 20.9. The molecule has 4 rings (SSSR count). The lowest BCUT2D eigenvalue weighted by Gasteiger charge is -2.29. The second kappa shape index (κ2) is 13.0. The van der Waals surface area contributed by atoms with Gasteiger partial charge in [-0.3, -0.25) is 14.6 Å². The van der Waals surface area contributed by atoms with Gasteiger partial charge in [0.1, 0.15) is 0 Å². The van der Waals surface area contributed by atoms with Gasteiger partial charge in [-0.2, -0.15) is 13.2 Å². The molecule has 0 aliphatic carbocycles. The van der Waals surface area contributed by atoms with Crippen LogP contribution in [0.25, 0.3) is 0 Å². The van der Waals surface area contributed by atoms with Crippen LogP contribution in [0.2, 0.25) is 10.0 Å². The summed E-state index contributed by atoms with van der Waals surface area (Å²) in [5, 5.41) is 0.928. The summed E-state index contributed by atoms with van der Waals surface area (Å²) in [5.74, 6) is 0.129. The van der Waals surface area contributed by atoms with E-state index in [-0.39, 0.29) is 17.9 Å². The van der Waals surface area contributed by atoms with E-state index < -0.39 is 11.7 Å². The molecule has 2 aromatic carbocycles. The molecule has 1 amide bonds. The zero-order valence-electron chi connectivity index (χ0n) is 21.5. The smallest absolute Gasteiger partial charge is 0.379 e. The third-order valence-corrected chi connectivity index (χ3v) is 8.25. The zero-order valence-corrected chi connectivity index (χ0v) is 23.0. The van der Waals surface area contributed by atoms with Crippen molar-refractivity contribution in [3.63, 3.8) is 0 Å². The van der Waals surface area contributed by atoms with Crippen molar-refractivity contribution in [1.82, 2.24) is 14.7 Å². The number of benzene rings is 2. The number of hydrogen-bond donors (Lipinski definition) is 0. The topological polar surface area (TPSA) is 36.0 Å². The van der Waals surface area contributed by atoms with Crippen LogP contribution in [0.3, 0.4) is 0 Å². The summed E-state index contributed by atoms with van der Waals surface area (Å²) < 4.78 is 44.3. The first-order chi connectivity index (χ1) is 18.1. The van der Waals surface area contributed by atoms with Crippen molar-refractivity contribution in [2.24, 2.45) is 0 Å². The third kappa shape index (κ3) is 7.63. The number of likely N-dealkylation sites (N-methyl/N-ethyl adjacent to an activating group) is 1. The van der Waals surface area contributed by atoms with Gasteiger partial charge in [0.05, 0.1) is 28.8 Å². The minimum atomic E-state index is -4.36. The molecular weight excluding hydrogens is 538 g/mol. The Balaban J connectivity index is 1.41. The van der Waals surface area contributed by atoms with Crippen molar-refractivity contribution >= 4 is 29.1 Å². The number of alkyl halides is 3. The molecule has 208 valence electrons. The van der Waals surface area contributed by atoms with Crippen LogP contribution < -0.4 is 0 Å². The molecule has 0 radical (unpaired) electrons. The molecule has 1 unspecified atom stereocenters. The maximum absolute atomic E-state index is 13.2. The molecule has 0 saturated carbocycles. The summed E-state index contributed by atoms with van der Waals surface area (Å²) in [6.45, 7) is 5.96. The van der Waals surface area contributed by atoms with E-state index in [1.165, 1.54) is 12.1 Å². The number of hydrogen-bond acceptors (Lipinski definition) is 4. The Labute approximate surface area is 232 Å². The number of likely N-dealkylation sites (tertiary alicyclic amines) is 1. The number of rotatable bonds is 9. The Morgan fingerprint density at radius 2 is 1.74 bits per heavy atom. The average molecular weight is 572 g/mol. The van der Waals surface area contributed by atoms with Gasteiger partial charge in [0.25, 0.3) is 0 Å². The second-order valence-corrected chi connectivity index (χ2v) is 11.0. The lowest BCUT2D eigenvalue weighted by atomic mass is 9.93. The van der Waals surface area contributed by atoms with E-state index in [1.807, 2.05) is 24.1 Å². The average Bonchev–Trinajstić information content (AvgIpc) is 3.34. The molecule has 10 heteroatoms. The van der Waals surface area contributed by atoms with Crippen LogP contribution in [-0.4, -0.2) is 79.6 Å². The molecule has 2 fully saturated rings. The number of ether oxygens (including phenoxy) is 1. The standard InChI is InChI=1S/C28H34Cl2F3N3O2/c1-34(17-20-5-8-22(9-6-20)28(31,32)33)26-19-36(18-23(26)21-7-10-24(29)25(30)16-21)27(37)4-2-3-11-35-12-14-38-15-13-35/h5-10,16,23,26H,2-4,11-15,17-19H2,1H3/t23-,26?/m1/s1. The van der Waals surface area contributed by atoms with Crippen molar-refractivity contribution in [2.75, 3.05) is 53.0 Å². The minimum Gasteiger partial charge on any atom is -0.379 e. The maximum Gasteiger partial charge on any atom is 0.416 e. The zero-order chi connectivity index (χ0) is 27.3. The predicted octanol–water partition coefficient (Wildman–Crippen LogP) is 5.94. The first-order valence-corrected chi connectivity index (χ1v) is 13.8. The van der Waals surface area contributed by atoms with Gasteiger partial charge >= 0.3 is 6.18 Å². The molecule has 5 nitrogen and oxygen atoms in total. The number of carbonyl (C=O) groups excluding carboxylic acids is 1. The molecule has 2 atom stereocenters. The van der Waals surface area contributed by atoms with E-state index in [0.717, 1.165) is 68.9 Å². The van der Waals surface area contributed by atoms with E-state index in [1.54, 1.807) is 6.07 Å². The summed E-state index contributed by atoms with van der Waals surface area (Å²) in [6, 6.07) is 10.8. The van der Waals surface area contributed by atoms with E-state index in [0.29, 0.717) is 36.1 Å². The summed E-state index contributed by atoms with van der Waals surface area (Å²) >= 11 is 12.5. The molecule has 2 aromatic rings. The fourth-order valence-electron chi connectivity index (χ4n) is 5.31. The van der Waals surface area contributed by atoms with Gasteiger partial charge in [-0.05, 0) is 61.8 Å². The van der Waals surface area contributed by atoms with E-state index >= 15 is 0 Å². The highest BCUT2D eigenvalue weighted by Crippen LogP contribution is 2.35. The molecular formula is C28H34Cl2F3N3O2. The predicted molar refractivity (Wildman–Crippen MR) is 144 cm³/mol. The lowest BCUT2D eigenvalue weighted by molar-refractivity contribution is -0.137. The molecule has 2 saturated heterocycles. The SMILES string of the molecule is CN(Cc1ccc(C(F)(F)F)cc1)C1CN(C(=O)CCCCN2CCOCC2)C[C@@H]1c1ccc(Cl)c(Cl)c1. The van der Waals surface area contributed by atoms with Crippen LogP contribution in [-0.2, 0) is 22.3 Å². The van der Waals surface area contributed by atoms with E-state index in [4.69, 9.17) is 27.9 Å². The molecule has 2 heterocycles. The largest absolute Gasteiger partial charge is 0.416 e. The van der Waals surface area contributed by atoms with Crippen LogP contribution in [0.5, 0.6) is 0 Å². The fourth-order valence-corrected chi connectivity index (χ4v) is 5.61. The van der Waals surface area contributed by atoms with Gasteiger partial charge in [0.15, 0.2) is 0 Å². The van der Waals surface area contributed by atoms with Crippen LogP contribution in [0.1, 0.15) is 41.9 Å². The van der Waals surface area contributed by atoms with Gasteiger partial charge in [0.2, 0.25) is 5.91 Å². The number of carbonyl (C=O) groups is 1. The van der Waals surface area contributed by atoms with Crippen LogP contribution in [0.15, 0.2) is 42.5 Å². The van der Waals surface area contributed by atoms with Gasteiger partial charge in [-0.15, -0.1) is 0 Å². The molecule has 38 heavy (non-hydrogen) atoms. The Kier molecular flexibility index (Phi) is 9.98. The van der Waals surface area contributed by atoms with Gasteiger partial charge < -0.3 is 9.64 Å². The summed E-state index contributed by atoms with van der Waals surface area (Å²) in [4.78, 5) is 19.6. The highest BCUT2D eigenvalue weighted by Gasteiger charge is 2.38. The van der Waals surface area contributed by atoms with Crippen LogP contribution in [0, 0.1) is 0 Å². The minimum absolute atomic E-state index is 0.00140. The Morgan fingerprint density at radius 3 is 2.39 bits per heavy atom. The highest BCUT2D eigenvalue weighted by atomic mass is 35.5. The maximum atomic E-state index is 13.2. The molecule has 2 aliphatic heterocycles. The van der Waals surface area contributed by atoms with Crippen molar-refractivity contribution in [1.29, 1.82) is 0 Å². The van der Waals surface area contributed by atoms with E-state index in [9.17, 15) is 18.0 Å². The van der Waals surface area contributed by atoms with Crippen molar-refractivity contribution in [3.05, 3.63) is 69.2 Å². The molecule has 0 spiro atoms. The molecule has 0 N–H and O–H groups in total. The lowest BCUT2D eigenvalue weighted by Crippen LogP contribution is -2.38. The highest BCUT2D eigenvalue weighted by molar-refractivity contribution is 6.42. The van der Waals surface area contributed by atoms with Gasteiger partial charge in [0, 0.05) is 51.1 Å². The number of halogens is 5. The van der Waals surface area contributed by atoms with E-state index in [2.05, 4.69) is 9.80 Å². The monoisotopic (exact) mass is 571 g/mol. The van der Waals surface area contributed by atoms with Crippen molar-refractivity contribution in [2.45, 2.75) is 43.9 Å². The fraction of sp³-hybridized carbons (Fsp3) is 0.536. The second-order valence-electron chi connectivity index (χ2n) is 10.2. The first kappa shape index (κ1) is 29.2. The Bertz CT molecular complexity index is 1080. The number of morpholine rings is 1. The van der Waals surface area contributed by atoms with Crippen LogP contribution >= 0.6 is 23.2 Å². The summed E-state index contributed by atoms with van der Waals surface area (Å²) in [7, 11) is 1.95. The van der Waals surface area contributed by atoms with Crippen LogP contribution in [0.4, 0.5) is 13.2 Å². The summed E-state index contributed by atoms with van der Waals surface area (Å²) in [6.07, 6.45) is -2.07. The van der Waals surface area contributed by atoms with Gasteiger partial charge in [-0.25, -0.2) is 0 Å².